The van der Waals surface area contributed by atoms with Crippen molar-refractivity contribution in [2.45, 2.75) is 25.3 Å². The van der Waals surface area contributed by atoms with E-state index in [-0.39, 0.29) is 11.9 Å². The molecule has 2 aromatic heterocycles. The first-order valence-corrected chi connectivity index (χ1v) is 10.7. The number of amides is 1. The van der Waals surface area contributed by atoms with Crippen LogP contribution in [0.2, 0.25) is 5.02 Å². The van der Waals surface area contributed by atoms with Crippen molar-refractivity contribution in [2.24, 2.45) is 0 Å². The number of likely N-dealkylation sites (tertiary alicyclic amines) is 1. The van der Waals surface area contributed by atoms with E-state index in [1.165, 1.54) is 0 Å². The predicted octanol–water partition coefficient (Wildman–Crippen LogP) is 3.70. The summed E-state index contributed by atoms with van der Waals surface area (Å²) in [7, 11) is 1.88. The first-order chi connectivity index (χ1) is 14.6. The minimum atomic E-state index is -0.0392. The Balaban J connectivity index is 1.31. The number of piperidine rings is 1. The molecule has 1 aromatic carbocycles. The minimum Gasteiger partial charge on any atom is -0.337 e. The molecule has 0 bridgehead atoms. The Morgan fingerprint density at radius 1 is 1.17 bits per heavy atom. The maximum Gasteiger partial charge on any atom is 0.274 e. The van der Waals surface area contributed by atoms with Crippen LogP contribution in [0.25, 0.3) is 5.69 Å². The number of hydrogen-bond acceptors (Lipinski definition) is 4. The monoisotopic (exact) mass is 423 g/mol. The number of aromatic nitrogens is 3. The maximum absolute atomic E-state index is 12.9. The van der Waals surface area contributed by atoms with Gasteiger partial charge in [-0.05, 0) is 49.2 Å². The molecular weight excluding hydrogens is 398 g/mol. The van der Waals surface area contributed by atoms with E-state index in [1.54, 1.807) is 16.9 Å². The van der Waals surface area contributed by atoms with Crippen LogP contribution in [0.1, 0.15) is 29.0 Å². The standard InChI is InChI=1S/C23H26ClN5O/c1-27(20-9-14-28(15-10-20)13-8-19-6-2-3-12-25-19)23(30)22-11-16-29(26-22)21-7-4-5-18(24)17-21/h2-7,11-12,16-17,20H,8-10,13-15H2,1H3. The smallest absolute Gasteiger partial charge is 0.274 e. The number of benzene rings is 1. The Hall–Kier alpha value is -2.70. The molecule has 0 atom stereocenters. The molecule has 0 N–H and O–H groups in total. The highest BCUT2D eigenvalue weighted by Crippen LogP contribution is 2.19. The number of carbonyl (C=O) groups is 1. The van der Waals surface area contributed by atoms with Crippen LogP contribution in [0.5, 0.6) is 0 Å². The lowest BCUT2D eigenvalue weighted by molar-refractivity contribution is 0.0637. The molecule has 30 heavy (non-hydrogen) atoms. The van der Waals surface area contributed by atoms with Gasteiger partial charge in [0.2, 0.25) is 0 Å². The Bertz CT molecular complexity index is 982. The third kappa shape index (κ3) is 4.89. The van der Waals surface area contributed by atoms with Crippen molar-refractivity contribution in [3.05, 3.63) is 77.3 Å². The third-order valence-electron chi connectivity index (χ3n) is 5.72. The summed E-state index contributed by atoms with van der Waals surface area (Å²) < 4.78 is 1.69. The van der Waals surface area contributed by atoms with Crippen molar-refractivity contribution < 1.29 is 4.79 Å². The van der Waals surface area contributed by atoms with E-state index in [4.69, 9.17) is 11.6 Å². The number of pyridine rings is 1. The Labute approximate surface area is 182 Å². The van der Waals surface area contributed by atoms with Gasteiger partial charge >= 0.3 is 0 Å². The molecule has 0 saturated carbocycles. The molecule has 156 valence electrons. The molecule has 3 aromatic rings. The van der Waals surface area contributed by atoms with E-state index < -0.39 is 0 Å². The van der Waals surface area contributed by atoms with Crippen LogP contribution in [-0.4, -0.2) is 63.2 Å². The zero-order chi connectivity index (χ0) is 20.9. The highest BCUT2D eigenvalue weighted by Gasteiger charge is 2.27. The molecule has 0 unspecified atom stereocenters. The second-order valence-electron chi connectivity index (χ2n) is 7.69. The second kappa shape index (κ2) is 9.41. The van der Waals surface area contributed by atoms with E-state index in [2.05, 4.69) is 21.0 Å². The molecule has 0 radical (unpaired) electrons. The molecule has 1 fully saturated rings. The number of halogens is 1. The van der Waals surface area contributed by atoms with Crippen LogP contribution < -0.4 is 0 Å². The lowest BCUT2D eigenvalue weighted by Crippen LogP contribution is -2.46. The SMILES string of the molecule is CN(C(=O)c1ccn(-c2cccc(Cl)c2)n1)C1CCN(CCc2ccccn2)CC1. The van der Waals surface area contributed by atoms with Crippen LogP contribution in [0.15, 0.2) is 60.9 Å². The van der Waals surface area contributed by atoms with E-state index >= 15 is 0 Å². The van der Waals surface area contributed by atoms with Crippen LogP contribution in [0.3, 0.4) is 0 Å². The van der Waals surface area contributed by atoms with Gasteiger partial charge < -0.3 is 9.80 Å². The molecular formula is C23H26ClN5O. The van der Waals surface area contributed by atoms with Crippen molar-refractivity contribution >= 4 is 17.5 Å². The van der Waals surface area contributed by atoms with Gasteiger partial charge in [0, 0.05) is 62.3 Å². The van der Waals surface area contributed by atoms with Gasteiger partial charge in [-0.15, -0.1) is 0 Å². The van der Waals surface area contributed by atoms with E-state index in [1.807, 2.05) is 54.5 Å². The predicted molar refractivity (Wildman–Crippen MR) is 118 cm³/mol. The normalized spacial score (nSPS) is 15.3. The van der Waals surface area contributed by atoms with E-state index in [9.17, 15) is 4.79 Å². The fourth-order valence-electron chi connectivity index (χ4n) is 3.90. The quantitative estimate of drug-likeness (QED) is 0.606. The molecule has 4 rings (SSSR count). The van der Waals surface area contributed by atoms with Gasteiger partial charge in [0.25, 0.3) is 5.91 Å². The number of nitrogens with zero attached hydrogens (tertiary/aromatic N) is 5. The molecule has 1 saturated heterocycles. The Kier molecular flexibility index (Phi) is 6.45. The lowest BCUT2D eigenvalue weighted by Gasteiger charge is -2.36. The summed E-state index contributed by atoms with van der Waals surface area (Å²) in [5, 5.41) is 5.11. The van der Waals surface area contributed by atoms with Crippen molar-refractivity contribution in [1.82, 2.24) is 24.6 Å². The zero-order valence-electron chi connectivity index (χ0n) is 17.1. The Morgan fingerprint density at radius 3 is 2.73 bits per heavy atom. The molecule has 6 nitrogen and oxygen atoms in total. The number of hydrogen-bond donors (Lipinski definition) is 0. The molecule has 1 aliphatic rings. The summed E-state index contributed by atoms with van der Waals surface area (Å²) in [6.07, 6.45) is 6.54. The molecule has 3 heterocycles. The molecule has 1 aliphatic heterocycles. The second-order valence-corrected chi connectivity index (χ2v) is 8.12. The summed E-state index contributed by atoms with van der Waals surface area (Å²) in [4.78, 5) is 21.6. The summed E-state index contributed by atoms with van der Waals surface area (Å²) in [5.41, 5.74) is 2.42. The van der Waals surface area contributed by atoms with Gasteiger partial charge in [-0.1, -0.05) is 23.7 Å². The third-order valence-corrected chi connectivity index (χ3v) is 5.95. The molecule has 0 spiro atoms. The van der Waals surface area contributed by atoms with Crippen molar-refractivity contribution in [3.8, 4) is 5.69 Å². The van der Waals surface area contributed by atoms with E-state index in [0.29, 0.717) is 10.7 Å². The fourth-order valence-corrected chi connectivity index (χ4v) is 4.08. The summed E-state index contributed by atoms with van der Waals surface area (Å²) >= 11 is 6.06. The summed E-state index contributed by atoms with van der Waals surface area (Å²) in [6.45, 7) is 2.99. The van der Waals surface area contributed by atoms with E-state index in [0.717, 1.165) is 50.3 Å². The van der Waals surface area contributed by atoms with Crippen LogP contribution in [0.4, 0.5) is 0 Å². The van der Waals surface area contributed by atoms with Crippen LogP contribution in [0, 0.1) is 0 Å². The first-order valence-electron chi connectivity index (χ1n) is 10.3. The first kappa shape index (κ1) is 20.6. The van der Waals surface area contributed by atoms with Crippen molar-refractivity contribution in [1.29, 1.82) is 0 Å². The van der Waals surface area contributed by atoms with Gasteiger partial charge in [0.1, 0.15) is 0 Å². The number of rotatable bonds is 6. The number of carbonyl (C=O) groups excluding carboxylic acids is 1. The maximum atomic E-state index is 12.9. The van der Waals surface area contributed by atoms with Crippen molar-refractivity contribution in [3.63, 3.8) is 0 Å². The lowest BCUT2D eigenvalue weighted by atomic mass is 10.0. The molecule has 7 heteroatoms. The minimum absolute atomic E-state index is 0.0392. The van der Waals surface area contributed by atoms with Gasteiger partial charge in [0.05, 0.1) is 5.69 Å². The highest BCUT2D eigenvalue weighted by atomic mass is 35.5. The van der Waals surface area contributed by atoms with Crippen LogP contribution in [-0.2, 0) is 6.42 Å². The Morgan fingerprint density at radius 2 is 2.00 bits per heavy atom. The fraction of sp³-hybridized carbons (Fsp3) is 0.348. The highest BCUT2D eigenvalue weighted by molar-refractivity contribution is 6.30. The van der Waals surface area contributed by atoms with Gasteiger partial charge in [-0.3, -0.25) is 9.78 Å². The molecule has 1 amide bonds. The largest absolute Gasteiger partial charge is 0.337 e. The summed E-state index contributed by atoms with van der Waals surface area (Å²) in [5.74, 6) is -0.0392. The average molecular weight is 424 g/mol. The zero-order valence-corrected chi connectivity index (χ0v) is 17.9. The van der Waals surface area contributed by atoms with Gasteiger partial charge in [-0.2, -0.15) is 5.10 Å². The van der Waals surface area contributed by atoms with Gasteiger partial charge in [-0.25, -0.2) is 4.68 Å². The van der Waals surface area contributed by atoms with Crippen LogP contribution >= 0.6 is 11.6 Å². The van der Waals surface area contributed by atoms with Crippen molar-refractivity contribution in [2.75, 3.05) is 26.7 Å². The molecule has 0 aliphatic carbocycles. The van der Waals surface area contributed by atoms with Gasteiger partial charge in [0.15, 0.2) is 5.69 Å². The topological polar surface area (TPSA) is 54.3 Å². The average Bonchev–Trinajstić information content (AvgIpc) is 3.28. The summed E-state index contributed by atoms with van der Waals surface area (Å²) in [6, 6.07) is 15.5.